The van der Waals surface area contributed by atoms with Crippen LogP contribution in [0.2, 0.25) is 0 Å². The summed E-state index contributed by atoms with van der Waals surface area (Å²) in [7, 11) is 1.55. The molecule has 1 atom stereocenters. The molecule has 0 fully saturated rings. The van der Waals surface area contributed by atoms with Gasteiger partial charge in [-0.05, 0) is 37.1 Å². The lowest BCUT2D eigenvalue weighted by Crippen LogP contribution is -2.46. The minimum atomic E-state index is -0.528. The van der Waals surface area contributed by atoms with Crippen LogP contribution in [0.3, 0.4) is 0 Å². The Morgan fingerprint density at radius 3 is 2.50 bits per heavy atom. The summed E-state index contributed by atoms with van der Waals surface area (Å²) < 4.78 is 5.29. The highest BCUT2D eigenvalue weighted by Gasteiger charge is 2.32. The van der Waals surface area contributed by atoms with Gasteiger partial charge in [0.15, 0.2) is 0 Å². The molecule has 6 nitrogen and oxygen atoms in total. The van der Waals surface area contributed by atoms with Crippen molar-refractivity contribution in [2.24, 2.45) is 0 Å². The predicted molar refractivity (Wildman–Crippen MR) is 99.9 cm³/mol. The Labute approximate surface area is 152 Å². The molecular weight excluding hydrogens is 330 g/mol. The molecule has 0 radical (unpaired) electrons. The maximum atomic E-state index is 13.0. The highest BCUT2D eigenvalue weighted by atomic mass is 16.5. The van der Waals surface area contributed by atoms with Crippen LogP contribution in [0.1, 0.15) is 24.1 Å². The number of carbonyl (C=O) groups excluding carboxylic acids is 2. The summed E-state index contributed by atoms with van der Waals surface area (Å²) in [6.45, 7) is 3.68. The Kier molecular flexibility index (Phi) is 4.93. The maximum Gasteiger partial charge on any atom is 0.319 e. The Bertz CT molecular complexity index is 889. The van der Waals surface area contributed by atoms with Crippen molar-refractivity contribution in [3.63, 3.8) is 0 Å². The van der Waals surface area contributed by atoms with E-state index in [2.05, 4.69) is 16.0 Å². The van der Waals surface area contributed by atoms with Gasteiger partial charge in [0.05, 0.1) is 24.4 Å². The average molecular weight is 351 g/mol. The molecule has 134 valence electrons. The van der Waals surface area contributed by atoms with Gasteiger partial charge in [-0.1, -0.05) is 36.4 Å². The number of methoxy groups -OCH3 is 1. The number of urea groups is 1. The molecule has 6 heteroatoms. The van der Waals surface area contributed by atoms with E-state index in [1.54, 1.807) is 26.2 Å². The molecule has 0 aromatic heterocycles. The zero-order valence-corrected chi connectivity index (χ0v) is 14.9. The second kappa shape index (κ2) is 7.31. The van der Waals surface area contributed by atoms with E-state index in [0.717, 1.165) is 11.1 Å². The molecule has 3 N–H and O–H groups in total. The minimum absolute atomic E-state index is 0.298. The van der Waals surface area contributed by atoms with Gasteiger partial charge < -0.3 is 20.7 Å². The molecule has 26 heavy (non-hydrogen) atoms. The van der Waals surface area contributed by atoms with E-state index in [0.29, 0.717) is 22.7 Å². The van der Waals surface area contributed by atoms with Crippen LogP contribution in [0.4, 0.5) is 10.5 Å². The molecule has 0 saturated carbocycles. The highest BCUT2D eigenvalue weighted by molar-refractivity contribution is 6.07. The van der Waals surface area contributed by atoms with Crippen LogP contribution in [0.5, 0.6) is 5.75 Å². The monoisotopic (exact) mass is 351 g/mol. The molecule has 1 heterocycles. The van der Waals surface area contributed by atoms with E-state index in [4.69, 9.17) is 4.74 Å². The molecule has 0 saturated heterocycles. The van der Waals surface area contributed by atoms with Gasteiger partial charge in [0.2, 0.25) is 0 Å². The zero-order valence-electron chi connectivity index (χ0n) is 14.9. The number of amides is 3. The molecular formula is C20H21N3O3. The van der Waals surface area contributed by atoms with Crippen LogP contribution in [0, 0.1) is 6.92 Å². The first-order valence-electron chi connectivity index (χ1n) is 8.29. The lowest BCUT2D eigenvalue weighted by Gasteiger charge is -2.29. The molecule has 2 aromatic carbocycles. The Balaban J connectivity index is 1.99. The van der Waals surface area contributed by atoms with Crippen LogP contribution in [0.15, 0.2) is 59.8 Å². The van der Waals surface area contributed by atoms with E-state index in [-0.39, 0.29) is 11.9 Å². The third-order valence-corrected chi connectivity index (χ3v) is 4.37. The summed E-state index contributed by atoms with van der Waals surface area (Å²) in [5.74, 6) is 0.270. The number of hydrogen-bond acceptors (Lipinski definition) is 3. The first kappa shape index (κ1) is 17.5. The van der Waals surface area contributed by atoms with E-state index in [1.807, 2.05) is 43.3 Å². The van der Waals surface area contributed by atoms with Crippen LogP contribution in [-0.4, -0.2) is 19.0 Å². The van der Waals surface area contributed by atoms with Crippen molar-refractivity contribution in [2.45, 2.75) is 19.9 Å². The summed E-state index contributed by atoms with van der Waals surface area (Å²) in [6, 6.07) is 14.0. The molecule has 0 spiro atoms. The first-order chi connectivity index (χ1) is 12.5. The molecule has 1 aliphatic heterocycles. The van der Waals surface area contributed by atoms with Crippen molar-refractivity contribution >= 4 is 17.6 Å². The summed E-state index contributed by atoms with van der Waals surface area (Å²) in [5, 5.41) is 8.41. The fourth-order valence-electron chi connectivity index (χ4n) is 3.08. The topological polar surface area (TPSA) is 79.5 Å². The van der Waals surface area contributed by atoms with E-state index >= 15 is 0 Å². The van der Waals surface area contributed by atoms with Crippen LogP contribution < -0.4 is 20.7 Å². The smallest absolute Gasteiger partial charge is 0.319 e. The molecule has 0 bridgehead atoms. The van der Waals surface area contributed by atoms with E-state index in [1.165, 1.54) is 0 Å². The largest absolute Gasteiger partial charge is 0.495 e. The number of carbonyl (C=O) groups is 2. The number of allylic oxidation sites excluding steroid dienone is 1. The van der Waals surface area contributed by atoms with Gasteiger partial charge in [-0.2, -0.15) is 0 Å². The molecule has 3 amide bonds. The van der Waals surface area contributed by atoms with Crippen LogP contribution in [0.25, 0.3) is 0 Å². The summed E-state index contributed by atoms with van der Waals surface area (Å²) in [4.78, 5) is 25.0. The first-order valence-corrected chi connectivity index (χ1v) is 8.29. The van der Waals surface area contributed by atoms with Crippen molar-refractivity contribution in [3.8, 4) is 5.75 Å². The predicted octanol–water partition coefficient (Wildman–Crippen LogP) is 3.27. The second-order valence-electron chi connectivity index (χ2n) is 6.08. The van der Waals surface area contributed by atoms with Crippen LogP contribution in [-0.2, 0) is 4.79 Å². The lowest BCUT2D eigenvalue weighted by molar-refractivity contribution is -0.113. The summed E-state index contributed by atoms with van der Waals surface area (Å²) in [6.07, 6.45) is 0. The van der Waals surface area contributed by atoms with Gasteiger partial charge in [-0.15, -0.1) is 0 Å². The molecule has 1 unspecified atom stereocenters. The lowest BCUT2D eigenvalue weighted by atomic mass is 9.92. The standard InChI is InChI=1S/C20H21N3O3/c1-12-8-4-5-9-14(12)18-17(13(2)21-20(25)23-18)19(24)22-15-10-6-7-11-16(15)26-3/h4-11,18H,1-3H3,(H,22,24)(H2,21,23,25). The highest BCUT2D eigenvalue weighted by Crippen LogP contribution is 2.31. The summed E-state index contributed by atoms with van der Waals surface area (Å²) >= 11 is 0. The van der Waals surface area contributed by atoms with Gasteiger partial charge in [0.25, 0.3) is 5.91 Å². The van der Waals surface area contributed by atoms with Crippen molar-refractivity contribution < 1.29 is 14.3 Å². The third-order valence-electron chi connectivity index (χ3n) is 4.37. The third kappa shape index (κ3) is 3.39. The van der Waals surface area contributed by atoms with Crippen molar-refractivity contribution in [2.75, 3.05) is 12.4 Å². The van der Waals surface area contributed by atoms with Crippen molar-refractivity contribution in [3.05, 3.63) is 70.9 Å². The number of benzene rings is 2. The fraction of sp³-hybridized carbons (Fsp3) is 0.200. The van der Waals surface area contributed by atoms with Gasteiger partial charge in [-0.25, -0.2) is 4.79 Å². The SMILES string of the molecule is COc1ccccc1NC(=O)C1=C(C)NC(=O)NC1c1ccccc1C. The number of aryl methyl sites for hydroxylation is 1. The molecule has 3 rings (SSSR count). The molecule has 1 aliphatic rings. The van der Waals surface area contributed by atoms with E-state index in [9.17, 15) is 9.59 Å². The average Bonchev–Trinajstić information content (AvgIpc) is 2.61. The number of rotatable bonds is 4. The molecule has 2 aromatic rings. The van der Waals surface area contributed by atoms with Crippen molar-refractivity contribution in [1.29, 1.82) is 0 Å². The minimum Gasteiger partial charge on any atom is -0.495 e. The van der Waals surface area contributed by atoms with E-state index < -0.39 is 6.04 Å². The van der Waals surface area contributed by atoms with Gasteiger partial charge in [0, 0.05) is 5.70 Å². The van der Waals surface area contributed by atoms with Crippen LogP contribution >= 0.6 is 0 Å². The Hall–Kier alpha value is -3.28. The quantitative estimate of drug-likeness (QED) is 0.791. The Morgan fingerprint density at radius 2 is 1.77 bits per heavy atom. The number of hydrogen-bond donors (Lipinski definition) is 3. The number of para-hydroxylation sites is 2. The second-order valence-corrected chi connectivity index (χ2v) is 6.08. The Morgan fingerprint density at radius 1 is 1.08 bits per heavy atom. The normalized spacial score (nSPS) is 16.6. The fourth-order valence-corrected chi connectivity index (χ4v) is 3.08. The zero-order chi connectivity index (χ0) is 18.7. The number of ether oxygens (including phenoxy) is 1. The molecule has 0 aliphatic carbocycles. The van der Waals surface area contributed by atoms with Gasteiger partial charge >= 0.3 is 6.03 Å². The van der Waals surface area contributed by atoms with Crippen molar-refractivity contribution in [1.82, 2.24) is 10.6 Å². The van der Waals surface area contributed by atoms with Gasteiger partial charge in [-0.3, -0.25) is 4.79 Å². The maximum absolute atomic E-state index is 13.0. The van der Waals surface area contributed by atoms with Gasteiger partial charge in [0.1, 0.15) is 5.75 Å². The number of anilines is 1. The number of nitrogens with one attached hydrogen (secondary N) is 3. The summed E-state index contributed by atoms with van der Waals surface area (Å²) in [5.41, 5.74) is 3.43.